The van der Waals surface area contributed by atoms with E-state index in [0.717, 1.165) is 81.5 Å². The van der Waals surface area contributed by atoms with Crippen molar-refractivity contribution in [3.05, 3.63) is 69.1 Å². The highest BCUT2D eigenvalue weighted by atomic mass is 35.5. The first-order valence-electron chi connectivity index (χ1n) is 22.6. The zero-order chi connectivity index (χ0) is 45.9. The Morgan fingerprint density at radius 1 is 1.03 bits per heavy atom. The van der Waals surface area contributed by atoms with Crippen LogP contribution >= 0.6 is 11.6 Å². The molecule has 1 atom stereocenters. The number of ether oxygens (including phenoxy) is 1. The molecular formula is C47H57ClN10O7. The SMILES string of the molecule is CNC(=O)COc1cc2cc(Nc3nc(N4CCC(CN5CCC6(CC5)CN(c5ccc7c(c5O)CN(C5CCC(=O)NC5=O)C7=O)C6(C)C)CC4)ncc3Cl)ccc2n(C(C)C)c1=O. The summed E-state index contributed by atoms with van der Waals surface area (Å²) in [6.45, 7) is 13.8. The van der Waals surface area contributed by atoms with Gasteiger partial charge in [-0.2, -0.15) is 4.98 Å². The Hall–Kier alpha value is -5.94. The van der Waals surface area contributed by atoms with Crippen molar-refractivity contribution in [3.8, 4) is 11.5 Å². The van der Waals surface area contributed by atoms with E-state index in [2.05, 4.69) is 49.5 Å². The molecule has 5 aliphatic rings. The lowest BCUT2D eigenvalue weighted by molar-refractivity contribution is -0.137. The van der Waals surface area contributed by atoms with Crippen molar-refractivity contribution >= 4 is 69.3 Å². The van der Waals surface area contributed by atoms with Crippen LogP contribution in [0.25, 0.3) is 10.9 Å². The molecule has 1 spiro atoms. The average Bonchev–Trinajstić information content (AvgIpc) is 3.62. The molecule has 65 heavy (non-hydrogen) atoms. The molecule has 1 unspecified atom stereocenters. The van der Waals surface area contributed by atoms with Gasteiger partial charge in [0.2, 0.25) is 17.8 Å². The van der Waals surface area contributed by atoms with E-state index in [-0.39, 0.29) is 77.8 Å². The number of aromatic nitrogens is 3. The van der Waals surface area contributed by atoms with Gasteiger partial charge in [-0.05, 0) is 115 Å². The number of carbonyl (C=O) groups excluding carboxylic acids is 4. The maximum Gasteiger partial charge on any atom is 0.293 e. The van der Waals surface area contributed by atoms with Gasteiger partial charge in [-0.3, -0.25) is 29.3 Å². The monoisotopic (exact) mass is 908 g/mol. The number of hydrogen-bond acceptors (Lipinski definition) is 13. The smallest absolute Gasteiger partial charge is 0.293 e. The number of imide groups is 1. The van der Waals surface area contributed by atoms with Gasteiger partial charge in [0.25, 0.3) is 17.4 Å². The van der Waals surface area contributed by atoms with Crippen LogP contribution in [0.1, 0.15) is 88.2 Å². The number of pyridine rings is 1. The average molecular weight is 909 g/mol. The molecule has 18 heteroatoms. The van der Waals surface area contributed by atoms with Crippen LogP contribution in [-0.2, 0) is 20.9 Å². The minimum Gasteiger partial charge on any atom is -0.505 e. The number of phenolic OH excluding ortho intramolecular Hbond substituents is 1. The number of fused-ring (bicyclic) bond motifs is 2. The molecule has 4 saturated heterocycles. The fraction of sp³-hybridized carbons (Fsp3) is 0.511. The number of piperidine rings is 3. The van der Waals surface area contributed by atoms with Crippen LogP contribution in [-0.4, -0.2) is 118 Å². The molecule has 7 heterocycles. The second kappa shape index (κ2) is 17.1. The molecule has 4 fully saturated rings. The number of aromatic hydroxyl groups is 1. The Labute approximate surface area is 382 Å². The first-order chi connectivity index (χ1) is 31.1. The van der Waals surface area contributed by atoms with Gasteiger partial charge >= 0.3 is 0 Å². The molecule has 0 bridgehead atoms. The van der Waals surface area contributed by atoms with Crippen molar-refractivity contribution in [1.29, 1.82) is 0 Å². The van der Waals surface area contributed by atoms with E-state index < -0.39 is 11.9 Å². The van der Waals surface area contributed by atoms with Crippen LogP contribution in [0.3, 0.4) is 0 Å². The Kier molecular flexibility index (Phi) is 11.7. The third-order valence-corrected chi connectivity index (χ3v) is 15.0. The van der Waals surface area contributed by atoms with E-state index in [1.165, 1.54) is 11.9 Å². The summed E-state index contributed by atoms with van der Waals surface area (Å²) in [6.07, 6.45) is 6.22. The predicted molar refractivity (Wildman–Crippen MR) is 247 cm³/mol. The summed E-state index contributed by atoms with van der Waals surface area (Å²) in [7, 11) is 1.51. The Morgan fingerprint density at radius 3 is 2.48 bits per heavy atom. The van der Waals surface area contributed by atoms with Crippen LogP contribution in [0.5, 0.6) is 11.5 Å². The summed E-state index contributed by atoms with van der Waals surface area (Å²) < 4.78 is 7.28. The summed E-state index contributed by atoms with van der Waals surface area (Å²) >= 11 is 6.63. The highest BCUT2D eigenvalue weighted by Crippen LogP contribution is 2.57. The standard InChI is InChI=1S/C47H57ClN10O7/c1-27(2)58-34-8-6-30(20-29(34)21-37(44(58)64)65-25-39(60)49-5)51-41-33(48)22-50-45(53-41)55-16-12-28(13-17-55)23-54-18-14-47(15-19-54)26-57(46(47,3)4)35-9-7-31-32(40(35)61)24-56(43(31)63)36-10-11-38(59)52-42(36)62/h6-9,20-22,27-28,36,61H,10-19,23-26H2,1-5H3,(H,49,60)(H,50,51,53)(H,52,59,62). The Bertz CT molecular complexity index is 2640. The lowest BCUT2D eigenvalue weighted by Gasteiger charge is -2.67. The molecule has 0 saturated carbocycles. The number of halogens is 1. The van der Waals surface area contributed by atoms with Gasteiger partial charge < -0.3 is 44.6 Å². The molecule has 0 radical (unpaired) electrons. The van der Waals surface area contributed by atoms with Crippen molar-refractivity contribution < 1.29 is 29.0 Å². The first-order valence-corrected chi connectivity index (χ1v) is 23.0. The summed E-state index contributed by atoms with van der Waals surface area (Å²) in [5, 5.41) is 20.9. The van der Waals surface area contributed by atoms with Gasteiger partial charge in [-0.15, -0.1) is 0 Å². The second-order valence-electron chi connectivity index (χ2n) is 19.0. The van der Waals surface area contributed by atoms with Gasteiger partial charge in [0.05, 0.1) is 23.9 Å². The molecule has 17 nitrogen and oxygen atoms in total. The largest absolute Gasteiger partial charge is 0.505 e. The minimum absolute atomic E-state index is 0.0925. The summed E-state index contributed by atoms with van der Waals surface area (Å²) in [5.74, 6) is 0.402. The second-order valence-corrected chi connectivity index (χ2v) is 19.4. The van der Waals surface area contributed by atoms with Crippen LogP contribution in [0, 0.1) is 11.3 Å². The number of anilines is 4. The maximum absolute atomic E-state index is 13.3. The van der Waals surface area contributed by atoms with Gasteiger partial charge in [-0.1, -0.05) is 11.6 Å². The highest BCUT2D eigenvalue weighted by Gasteiger charge is 2.60. The summed E-state index contributed by atoms with van der Waals surface area (Å²) in [6, 6.07) is 10.0. The Balaban J connectivity index is 0.789. The quantitative estimate of drug-likeness (QED) is 0.148. The van der Waals surface area contributed by atoms with Crippen LogP contribution < -0.4 is 36.0 Å². The van der Waals surface area contributed by atoms with Gasteiger partial charge in [0, 0.05) is 78.8 Å². The van der Waals surface area contributed by atoms with Crippen LogP contribution in [0.15, 0.2) is 47.4 Å². The molecule has 2 aromatic carbocycles. The zero-order valence-corrected chi connectivity index (χ0v) is 38.3. The molecule has 4 amide bonds. The van der Waals surface area contributed by atoms with Crippen LogP contribution in [0.2, 0.25) is 5.02 Å². The van der Waals surface area contributed by atoms with Crippen molar-refractivity contribution in [2.75, 3.05) is 68.0 Å². The van der Waals surface area contributed by atoms with Gasteiger partial charge in [0.15, 0.2) is 18.2 Å². The van der Waals surface area contributed by atoms with E-state index in [1.54, 1.807) is 22.9 Å². The Morgan fingerprint density at radius 2 is 1.78 bits per heavy atom. The van der Waals surface area contributed by atoms with Gasteiger partial charge in [-0.25, -0.2) is 4.98 Å². The number of likely N-dealkylation sites (N-methyl/N-ethyl adjacent to an activating group) is 1. The molecular weight excluding hydrogens is 852 g/mol. The number of rotatable bonds is 11. The summed E-state index contributed by atoms with van der Waals surface area (Å²) in [5.41, 5.74) is 2.69. The number of hydrogen-bond donors (Lipinski definition) is 4. The molecule has 5 aliphatic heterocycles. The number of nitrogens with zero attached hydrogens (tertiary/aromatic N) is 7. The lowest BCUT2D eigenvalue weighted by Crippen LogP contribution is -2.74. The van der Waals surface area contributed by atoms with Crippen molar-refractivity contribution in [3.63, 3.8) is 0 Å². The third-order valence-electron chi connectivity index (χ3n) is 14.8. The van der Waals surface area contributed by atoms with E-state index in [0.29, 0.717) is 39.5 Å². The van der Waals surface area contributed by atoms with Crippen molar-refractivity contribution in [2.24, 2.45) is 11.3 Å². The molecule has 2 aromatic heterocycles. The predicted octanol–water partition coefficient (Wildman–Crippen LogP) is 4.96. The topological polar surface area (TPSA) is 195 Å². The number of likely N-dealkylation sites (tertiary alicyclic amines) is 1. The molecule has 0 aliphatic carbocycles. The van der Waals surface area contributed by atoms with Crippen LogP contribution in [0.4, 0.5) is 23.1 Å². The van der Waals surface area contributed by atoms with E-state index >= 15 is 0 Å². The maximum atomic E-state index is 13.3. The lowest BCUT2D eigenvalue weighted by atomic mass is 9.57. The van der Waals surface area contributed by atoms with Crippen molar-refractivity contribution in [1.82, 2.24) is 35.0 Å². The zero-order valence-electron chi connectivity index (χ0n) is 37.6. The number of benzene rings is 2. The highest BCUT2D eigenvalue weighted by molar-refractivity contribution is 6.33. The molecule has 9 rings (SSSR count). The fourth-order valence-electron chi connectivity index (χ4n) is 10.7. The van der Waals surface area contributed by atoms with Gasteiger partial charge in [0.1, 0.15) is 16.8 Å². The van der Waals surface area contributed by atoms with Crippen molar-refractivity contribution in [2.45, 2.75) is 90.4 Å². The number of amides is 4. The molecule has 4 N–H and O–H groups in total. The van der Waals surface area contributed by atoms with E-state index in [4.69, 9.17) is 21.3 Å². The third kappa shape index (κ3) is 8.00. The first kappa shape index (κ1) is 44.3. The number of carbonyl (C=O) groups is 4. The molecule has 4 aromatic rings. The molecule has 344 valence electrons. The number of nitrogens with one attached hydrogen (secondary N) is 3. The summed E-state index contributed by atoms with van der Waals surface area (Å²) in [4.78, 5) is 80.8. The fourth-order valence-corrected chi connectivity index (χ4v) is 10.8. The number of phenols is 1. The minimum atomic E-state index is -0.731. The van der Waals surface area contributed by atoms with E-state index in [1.807, 2.05) is 38.1 Å². The normalized spacial score (nSPS) is 20.9. The van der Waals surface area contributed by atoms with E-state index in [9.17, 15) is 29.1 Å².